The van der Waals surface area contributed by atoms with Crippen LogP contribution in [0.15, 0.2) is 59.7 Å². The first-order chi connectivity index (χ1) is 26.2. The van der Waals surface area contributed by atoms with Gasteiger partial charge in [0, 0.05) is 36.5 Å². The van der Waals surface area contributed by atoms with E-state index in [-0.39, 0.29) is 56.8 Å². The molecule has 0 saturated heterocycles. The molecule has 0 saturated carbocycles. The number of nitrogens with zero attached hydrogens (tertiary/aromatic N) is 1. The molecule has 55 heavy (non-hydrogen) atoms. The van der Waals surface area contributed by atoms with Crippen molar-refractivity contribution in [2.24, 2.45) is 22.2 Å². The summed E-state index contributed by atoms with van der Waals surface area (Å²) in [5.41, 5.74) is 19.0. The number of benzene rings is 2. The Morgan fingerprint density at radius 2 is 1.36 bits per heavy atom. The normalized spacial score (nSPS) is 13.7. The maximum Gasteiger partial charge on any atom is 0.326 e. The lowest BCUT2D eigenvalue weighted by Gasteiger charge is -2.26. The zero-order chi connectivity index (χ0) is 40.5. The Bertz CT molecular complexity index is 1820. The van der Waals surface area contributed by atoms with Crippen LogP contribution in [-0.2, 0) is 41.6 Å². The fourth-order valence-corrected chi connectivity index (χ4v) is 6.08. The van der Waals surface area contributed by atoms with E-state index in [0.717, 1.165) is 10.9 Å². The highest BCUT2D eigenvalue weighted by Crippen LogP contribution is 2.19. The number of aromatic hydroxyl groups is 1. The summed E-state index contributed by atoms with van der Waals surface area (Å²) < 4.78 is 0. The van der Waals surface area contributed by atoms with Crippen molar-refractivity contribution in [1.29, 1.82) is 0 Å². The number of aliphatic carboxylic acids is 2. The number of para-hydroxylation sites is 1. The highest BCUT2D eigenvalue weighted by Gasteiger charge is 2.32. The van der Waals surface area contributed by atoms with Gasteiger partial charge in [-0.15, -0.1) is 0 Å². The number of hydrogen-bond acceptors (Lipinski definition) is 10. The zero-order valence-corrected chi connectivity index (χ0v) is 31.1. The van der Waals surface area contributed by atoms with Gasteiger partial charge in [0.05, 0.1) is 6.04 Å². The number of nitrogens with two attached hydrogens (primary N) is 3. The van der Waals surface area contributed by atoms with Gasteiger partial charge < -0.3 is 58.8 Å². The average Bonchev–Trinajstić information content (AvgIpc) is 3.55. The van der Waals surface area contributed by atoms with Crippen molar-refractivity contribution in [2.45, 2.75) is 75.2 Å². The number of phenolic OH excluding ortho intramolecular Hbond substituents is 1. The van der Waals surface area contributed by atoms with E-state index in [1.54, 1.807) is 30.7 Å². The predicted octanol–water partition coefficient (Wildman–Crippen LogP) is -0.319. The van der Waals surface area contributed by atoms with Crippen LogP contribution >= 0.6 is 11.8 Å². The van der Waals surface area contributed by atoms with Gasteiger partial charge in [0.1, 0.15) is 29.9 Å². The first kappa shape index (κ1) is 43.6. The van der Waals surface area contributed by atoms with Crippen molar-refractivity contribution < 1.29 is 44.1 Å². The Morgan fingerprint density at radius 3 is 1.96 bits per heavy atom. The molecule has 4 amide bonds. The summed E-state index contributed by atoms with van der Waals surface area (Å²) in [7, 11) is 0. The number of nitrogens with one attached hydrogen (secondary N) is 5. The summed E-state index contributed by atoms with van der Waals surface area (Å²) >= 11 is 1.40. The number of guanidine groups is 1. The molecule has 3 rings (SSSR count). The zero-order valence-electron chi connectivity index (χ0n) is 30.3. The minimum atomic E-state index is -1.47. The molecular weight excluding hydrogens is 735 g/mol. The van der Waals surface area contributed by atoms with Gasteiger partial charge in [0.2, 0.25) is 23.6 Å². The molecule has 2 aromatic carbocycles. The molecule has 5 atom stereocenters. The summed E-state index contributed by atoms with van der Waals surface area (Å²) in [5.74, 6) is -5.51. The number of rotatable bonds is 23. The molecule has 0 bridgehead atoms. The number of carbonyl (C=O) groups excluding carboxylic acids is 4. The quantitative estimate of drug-likeness (QED) is 0.0334. The highest BCUT2D eigenvalue weighted by molar-refractivity contribution is 7.98. The third-order valence-electron chi connectivity index (χ3n) is 8.54. The summed E-state index contributed by atoms with van der Waals surface area (Å²) in [5, 5.41) is 39.9. The molecule has 1 aromatic heterocycles. The van der Waals surface area contributed by atoms with Crippen LogP contribution in [0.4, 0.5) is 0 Å². The molecule has 1 heterocycles. The van der Waals surface area contributed by atoms with Crippen molar-refractivity contribution in [1.82, 2.24) is 26.3 Å². The summed E-state index contributed by atoms with van der Waals surface area (Å²) in [6, 6.07) is 6.90. The number of thioether (sulfide) groups is 1. The van der Waals surface area contributed by atoms with Crippen LogP contribution in [0.5, 0.6) is 5.75 Å². The third-order valence-corrected chi connectivity index (χ3v) is 9.19. The molecule has 3 aromatic rings. The van der Waals surface area contributed by atoms with E-state index in [0.29, 0.717) is 16.9 Å². The van der Waals surface area contributed by atoms with Crippen molar-refractivity contribution in [3.8, 4) is 5.75 Å². The van der Waals surface area contributed by atoms with Gasteiger partial charge in [0.25, 0.3) is 0 Å². The molecule has 14 N–H and O–H groups in total. The minimum absolute atomic E-state index is 0.0425. The minimum Gasteiger partial charge on any atom is -0.508 e. The van der Waals surface area contributed by atoms with E-state index in [1.807, 2.05) is 18.2 Å². The highest BCUT2D eigenvalue weighted by atomic mass is 32.2. The molecular formula is C36H49N9O9S. The number of H-pyrrole nitrogens is 1. The molecule has 0 radical (unpaired) electrons. The topological polar surface area (TPSA) is 317 Å². The standard InChI is InChI=1S/C36H49N9O9S/c1-55-16-14-28(42-31(49)24(37)17-20-8-10-22(46)11-9-20)34(52)44-27(12-13-30(47)48)33(51)43-26(7-4-15-40-36(38)39)32(50)45-29(35(53)54)18-21-19-41-25-6-3-2-5-23(21)25/h2-3,5-6,8-11,19,24,26-29,41,46H,4,7,12-18,37H2,1H3,(H,42,49)(H,43,51)(H,44,52)(H,45,50)(H,47,48)(H,53,54)(H4,38,39,40)/t24-,26-,27-,28-,29-/m0/s1. The molecule has 0 fully saturated rings. The lowest BCUT2D eigenvalue weighted by molar-refractivity contribution is -0.142. The van der Waals surface area contributed by atoms with Crippen LogP contribution in [0.2, 0.25) is 0 Å². The number of aromatic nitrogens is 1. The first-order valence-corrected chi connectivity index (χ1v) is 18.9. The number of aromatic amines is 1. The second-order valence-corrected chi connectivity index (χ2v) is 13.8. The number of fused-ring (bicyclic) bond motifs is 1. The van der Waals surface area contributed by atoms with Gasteiger partial charge in [-0.1, -0.05) is 30.3 Å². The van der Waals surface area contributed by atoms with Crippen LogP contribution in [0.1, 0.15) is 43.2 Å². The number of phenols is 1. The third kappa shape index (κ3) is 14.5. The molecule has 298 valence electrons. The SMILES string of the molecule is CSCC[C@H](NC(=O)[C@@H](N)Cc1ccc(O)cc1)C(=O)N[C@@H](CCC(=O)O)C(=O)N[C@@H](CCCN=C(N)N)C(=O)N[C@@H](Cc1c[nH]c2ccccc12)C(=O)O. The summed E-state index contributed by atoms with van der Waals surface area (Å²) in [4.78, 5) is 84.9. The Morgan fingerprint density at radius 1 is 0.782 bits per heavy atom. The Kier molecular flexibility index (Phi) is 17.3. The van der Waals surface area contributed by atoms with E-state index in [2.05, 4.69) is 31.2 Å². The Hall–Kier alpha value is -5.82. The largest absolute Gasteiger partial charge is 0.508 e. The molecule has 0 aliphatic carbocycles. The number of amides is 4. The smallest absolute Gasteiger partial charge is 0.326 e. The average molecular weight is 784 g/mol. The second kappa shape index (κ2) is 21.8. The van der Waals surface area contributed by atoms with Gasteiger partial charge in [0.15, 0.2) is 5.96 Å². The van der Waals surface area contributed by atoms with Crippen molar-refractivity contribution in [3.05, 3.63) is 65.9 Å². The van der Waals surface area contributed by atoms with Gasteiger partial charge in [-0.25, -0.2) is 4.79 Å². The molecule has 0 aliphatic heterocycles. The van der Waals surface area contributed by atoms with Crippen LogP contribution in [0.3, 0.4) is 0 Å². The molecule has 19 heteroatoms. The van der Waals surface area contributed by atoms with Crippen LogP contribution in [-0.4, -0.2) is 111 Å². The number of hydrogen-bond donors (Lipinski definition) is 11. The number of carboxylic acids is 2. The van der Waals surface area contributed by atoms with Crippen molar-refractivity contribution >= 4 is 64.2 Å². The fourth-order valence-electron chi connectivity index (χ4n) is 5.61. The van der Waals surface area contributed by atoms with E-state index in [9.17, 15) is 44.1 Å². The van der Waals surface area contributed by atoms with Gasteiger partial charge in [-0.2, -0.15) is 11.8 Å². The van der Waals surface area contributed by atoms with Crippen molar-refractivity contribution in [3.63, 3.8) is 0 Å². The maximum absolute atomic E-state index is 13.7. The molecule has 0 aliphatic rings. The van der Waals surface area contributed by atoms with E-state index < -0.39 is 72.2 Å². The summed E-state index contributed by atoms with van der Waals surface area (Å²) in [6.45, 7) is 0.0740. The predicted molar refractivity (Wildman–Crippen MR) is 207 cm³/mol. The maximum atomic E-state index is 13.7. The fraction of sp³-hybridized carbons (Fsp3) is 0.417. The second-order valence-electron chi connectivity index (χ2n) is 12.8. The van der Waals surface area contributed by atoms with E-state index in [1.165, 1.54) is 23.9 Å². The number of aliphatic imine (C=N–C) groups is 1. The molecule has 18 nitrogen and oxygen atoms in total. The van der Waals surface area contributed by atoms with Crippen LogP contribution in [0.25, 0.3) is 10.9 Å². The monoisotopic (exact) mass is 783 g/mol. The number of carboxylic acid groups (broad SMARTS) is 2. The van der Waals surface area contributed by atoms with Crippen LogP contribution in [0, 0.1) is 0 Å². The van der Waals surface area contributed by atoms with Gasteiger partial charge in [-0.3, -0.25) is 29.0 Å². The van der Waals surface area contributed by atoms with Gasteiger partial charge >= 0.3 is 11.9 Å². The summed E-state index contributed by atoms with van der Waals surface area (Å²) in [6.07, 6.45) is 2.80. The molecule has 0 unspecified atom stereocenters. The lowest BCUT2D eigenvalue weighted by atomic mass is 10.0. The van der Waals surface area contributed by atoms with E-state index >= 15 is 0 Å². The van der Waals surface area contributed by atoms with Gasteiger partial charge in [-0.05, 0) is 73.4 Å². The molecule has 0 spiro atoms. The Labute approximate surface area is 321 Å². The Balaban J connectivity index is 1.79. The lowest BCUT2D eigenvalue weighted by Crippen LogP contribution is -2.58. The number of carbonyl (C=O) groups is 6. The van der Waals surface area contributed by atoms with Crippen molar-refractivity contribution in [2.75, 3.05) is 18.6 Å². The van der Waals surface area contributed by atoms with Crippen LogP contribution < -0.4 is 38.5 Å². The first-order valence-electron chi connectivity index (χ1n) is 17.5. The van der Waals surface area contributed by atoms with E-state index in [4.69, 9.17) is 17.2 Å².